The summed E-state index contributed by atoms with van der Waals surface area (Å²) >= 11 is 0. The molecular formula is C15H12N2O6. The molecule has 0 spiro atoms. The third-order valence-electron chi connectivity index (χ3n) is 2.82. The Balaban J connectivity index is 2.40. The van der Waals surface area contributed by atoms with Crippen molar-refractivity contribution in [1.82, 2.24) is 5.32 Å². The van der Waals surface area contributed by atoms with E-state index < -0.39 is 16.8 Å². The number of aliphatic carboxylic acids is 1. The molecule has 0 saturated heterocycles. The van der Waals surface area contributed by atoms with Crippen LogP contribution in [0.5, 0.6) is 0 Å². The number of nitro groups is 1. The molecule has 0 saturated carbocycles. The number of nitro benzene ring substituents is 1. The standard InChI is InChI=1S/C15H12N2O6/c1-9(18)16-12(15(19)20)8-10-6-7-14(23-10)11-4-2-3-5-13(11)17(21)22/h2-8H,1H3,(H,16,18)(H,19,20). The molecule has 0 aliphatic rings. The van der Waals surface area contributed by atoms with E-state index in [0.717, 1.165) is 6.08 Å². The number of amides is 1. The number of carboxylic acids is 1. The highest BCUT2D eigenvalue weighted by atomic mass is 16.6. The fraction of sp³-hybridized carbons (Fsp3) is 0.0667. The molecule has 23 heavy (non-hydrogen) atoms. The summed E-state index contributed by atoms with van der Waals surface area (Å²) in [5, 5.41) is 22.2. The average Bonchev–Trinajstić information content (AvgIpc) is 2.94. The Morgan fingerprint density at radius 1 is 1.26 bits per heavy atom. The van der Waals surface area contributed by atoms with Crippen molar-refractivity contribution in [2.45, 2.75) is 6.92 Å². The van der Waals surface area contributed by atoms with E-state index in [1.54, 1.807) is 6.07 Å². The number of para-hydroxylation sites is 1. The van der Waals surface area contributed by atoms with Gasteiger partial charge >= 0.3 is 5.97 Å². The fourth-order valence-electron chi connectivity index (χ4n) is 1.90. The van der Waals surface area contributed by atoms with Crippen molar-refractivity contribution in [3.63, 3.8) is 0 Å². The van der Waals surface area contributed by atoms with Gasteiger partial charge in [0.15, 0.2) is 0 Å². The van der Waals surface area contributed by atoms with Gasteiger partial charge in [-0.15, -0.1) is 0 Å². The van der Waals surface area contributed by atoms with Crippen molar-refractivity contribution >= 4 is 23.6 Å². The van der Waals surface area contributed by atoms with Gasteiger partial charge < -0.3 is 14.8 Å². The lowest BCUT2D eigenvalue weighted by Crippen LogP contribution is -2.24. The third-order valence-corrected chi connectivity index (χ3v) is 2.82. The molecular weight excluding hydrogens is 304 g/mol. The van der Waals surface area contributed by atoms with E-state index in [4.69, 9.17) is 9.52 Å². The van der Waals surface area contributed by atoms with E-state index in [2.05, 4.69) is 5.32 Å². The number of furan rings is 1. The summed E-state index contributed by atoms with van der Waals surface area (Å²) in [5.41, 5.74) is -0.216. The number of rotatable bonds is 5. The number of hydrogen-bond acceptors (Lipinski definition) is 5. The van der Waals surface area contributed by atoms with Crippen LogP contribution in [-0.2, 0) is 9.59 Å². The second-order valence-corrected chi connectivity index (χ2v) is 4.52. The van der Waals surface area contributed by atoms with Crippen LogP contribution in [0.25, 0.3) is 17.4 Å². The smallest absolute Gasteiger partial charge is 0.352 e. The van der Waals surface area contributed by atoms with Gasteiger partial charge in [0.25, 0.3) is 5.69 Å². The lowest BCUT2D eigenvalue weighted by Gasteiger charge is -2.01. The van der Waals surface area contributed by atoms with Gasteiger partial charge in [-0.3, -0.25) is 14.9 Å². The summed E-state index contributed by atoms with van der Waals surface area (Å²) in [6, 6.07) is 8.97. The van der Waals surface area contributed by atoms with E-state index >= 15 is 0 Å². The van der Waals surface area contributed by atoms with Crippen LogP contribution in [0.15, 0.2) is 46.5 Å². The first kappa shape index (κ1) is 16.0. The average molecular weight is 316 g/mol. The number of nitrogens with zero attached hydrogens (tertiary/aromatic N) is 1. The monoisotopic (exact) mass is 316 g/mol. The first-order chi connectivity index (χ1) is 10.9. The number of carbonyl (C=O) groups is 2. The molecule has 1 amide bonds. The molecule has 0 unspecified atom stereocenters. The number of nitrogens with one attached hydrogen (secondary N) is 1. The zero-order valence-corrected chi connectivity index (χ0v) is 12.0. The number of hydrogen-bond donors (Lipinski definition) is 2. The van der Waals surface area contributed by atoms with Gasteiger partial charge in [0.05, 0.1) is 10.5 Å². The van der Waals surface area contributed by atoms with Gasteiger partial charge in [-0.2, -0.15) is 0 Å². The first-order valence-electron chi connectivity index (χ1n) is 6.44. The zero-order chi connectivity index (χ0) is 17.0. The van der Waals surface area contributed by atoms with Crippen molar-refractivity contribution in [3.8, 4) is 11.3 Å². The molecule has 118 valence electrons. The van der Waals surface area contributed by atoms with Gasteiger partial charge in [-0.25, -0.2) is 4.79 Å². The Morgan fingerprint density at radius 2 is 1.96 bits per heavy atom. The molecule has 0 aliphatic heterocycles. The Morgan fingerprint density at radius 3 is 2.57 bits per heavy atom. The highest BCUT2D eigenvalue weighted by Crippen LogP contribution is 2.31. The first-order valence-corrected chi connectivity index (χ1v) is 6.44. The summed E-state index contributed by atoms with van der Waals surface area (Å²) in [4.78, 5) is 32.5. The summed E-state index contributed by atoms with van der Waals surface area (Å²) in [6.45, 7) is 1.18. The second kappa shape index (κ2) is 6.56. The molecule has 0 atom stereocenters. The number of carbonyl (C=O) groups excluding carboxylic acids is 1. The normalized spacial score (nSPS) is 11.1. The lowest BCUT2D eigenvalue weighted by atomic mass is 10.1. The lowest BCUT2D eigenvalue weighted by molar-refractivity contribution is -0.384. The highest BCUT2D eigenvalue weighted by Gasteiger charge is 2.17. The molecule has 2 aromatic rings. The van der Waals surface area contributed by atoms with Crippen LogP contribution in [0, 0.1) is 10.1 Å². The quantitative estimate of drug-likeness (QED) is 0.496. The Kier molecular flexibility index (Phi) is 4.55. The third kappa shape index (κ3) is 3.82. The molecule has 8 nitrogen and oxygen atoms in total. The van der Waals surface area contributed by atoms with Crippen molar-refractivity contribution < 1.29 is 24.0 Å². The maximum Gasteiger partial charge on any atom is 0.352 e. The van der Waals surface area contributed by atoms with Crippen molar-refractivity contribution in [3.05, 3.63) is 58.0 Å². The maximum atomic E-state index is 11.0. The van der Waals surface area contributed by atoms with Gasteiger partial charge in [0.1, 0.15) is 17.2 Å². The van der Waals surface area contributed by atoms with E-state index in [1.807, 2.05) is 0 Å². The van der Waals surface area contributed by atoms with Crippen LogP contribution in [0.1, 0.15) is 12.7 Å². The molecule has 0 bridgehead atoms. The van der Waals surface area contributed by atoms with Crippen molar-refractivity contribution in [2.24, 2.45) is 0 Å². The molecule has 2 N–H and O–H groups in total. The van der Waals surface area contributed by atoms with Crippen LogP contribution in [-0.4, -0.2) is 21.9 Å². The largest absolute Gasteiger partial charge is 0.477 e. The predicted molar refractivity (Wildman–Crippen MR) is 80.2 cm³/mol. The van der Waals surface area contributed by atoms with Crippen LogP contribution in [0.2, 0.25) is 0 Å². The van der Waals surface area contributed by atoms with E-state index in [9.17, 15) is 19.7 Å². The summed E-state index contributed by atoms with van der Waals surface area (Å²) in [6.07, 6.45) is 1.13. The van der Waals surface area contributed by atoms with Gasteiger partial charge in [0, 0.05) is 19.1 Å². The fourth-order valence-corrected chi connectivity index (χ4v) is 1.90. The van der Waals surface area contributed by atoms with Crippen LogP contribution >= 0.6 is 0 Å². The Bertz CT molecular complexity index is 806. The minimum Gasteiger partial charge on any atom is -0.477 e. The Hall–Kier alpha value is -3.42. The van der Waals surface area contributed by atoms with Gasteiger partial charge in [0.2, 0.25) is 5.91 Å². The summed E-state index contributed by atoms with van der Waals surface area (Å²) < 4.78 is 5.43. The van der Waals surface area contributed by atoms with E-state index in [-0.39, 0.29) is 28.5 Å². The van der Waals surface area contributed by atoms with E-state index in [1.165, 1.54) is 37.3 Å². The summed E-state index contributed by atoms with van der Waals surface area (Å²) in [7, 11) is 0. The van der Waals surface area contributed by atoms with Crippen LogP contribution in [0.4, 0.5) is 5.69 Å². The van der Waals surface area contributed by atoms with Crippen LogP contribution < -0.4 is 5.32 Å². The molecule has 0 fully saturated rings. The van der Waals surface area contributed by atoms with E-state index in [0.29, 0.717) is 0 Å². The predicted octanol–water partition coefficient (Wildman–Crippen LogP) is 2.42. The second-order valence-electron chi connectivity index (χ2n) is 4.52. The molecule has 1 aromatic heterocycles. The van der Waals surface area contributed by atoms with Gasteiger partial charge in [-0.1, -0.05) is 12.1 Å². The molecule has 1 aromatic carbocycles. The van der Waals surface area contributed by atoms with Crippen molar-refractivity contribution in [1.29, 1.82) is 0 Å². The zero-order valence-electron chi connectivity index (χ0n) is 12.0. The summed E-state index contributed by atoms with van der Waals surface area (Å²) in [5.74, 6) is -1.51. The SMILES string of the molecule is CC(=O)NC(=Cc1ccc(-c2ccccc2[N+](=O)[O-])o1)C(=O)O. The highest BCUT2D eigenvalue weighted by molar-refractivity contribution is 5.96. The van der Waals surface area contributed by atoms with Crippen LogP contribution in [0.3, 0.4) is 0 Å². The molecule has 8 heteroatoms. The topological polar surface area (TPSA) is 123 Å². The molecule has 0 aliphatic carbocycles. The minimum absolute atomic E-state index is 0.127. The molecule has 1 heterocycles. The molecule has 2 rings (SSSR count). The maximum absolute atomic E-state index is 11.0. The Labute approximate surface area is 130 Å². The minimum atomic E-state index is -1.33. The number of carboxylic acid groups (broad SMARTS) is 1. The molecule has 0 radical (unpaired) electrons. The van der Waals surface area contributed by atoms with Crippen molar-refractivity contribution in [2.75, 3.05) is 0 Å². The number of benzene rings is 1. The van der Waals surface area contributed by atoms with Gasteiger partial charge in [-0.05, 0) is 18.2 Å².